The van der Waals surface area contributed by atoms with E-state index in [1.165, 1.54) is 4.90 Å². The molecule has 0 spiro atoms. The fraction of sp³-hybridized carbons (Fsp3) is 0.471. The van der Waals surface area contributed by atoms with Gasteiger partial charge in [-0.15, -0.1) is 0 Å². The lowest BCUT2D eigenvalue weighted by molar-refractivity contribution is -0.140. The number of carbonyl (C=O) groups excluding carboxylic acids is 2. The Bertz CT molecular complexity index is 657. The van der Waals surface area contributed by atoms with E-state index in [1.54, 1.807) is 38.1 Å². The lowest BCUT2D eigenvalue weighted by Gasteiger charge is -2.39. The van der Waals surface area contributed by atoms with Gasteiger partial charge in [0, 0.05) is 0 Å². The Labute approximate surface area is 141 Å². The van der Waals surface area contributed by atoms with E-state index in [-0.39, 0.29) is 17.7 Å². The summed E-state index contributed by atoms with van der Waals surface area (Å²) in [5.74, 6) is -1.80. The van der Waals surface area contributed by atoms with E-state index in [0.717, 1.165) is 0 Å². The minimum Gasteiger partial charge on any atom is -0.480 e. The number of hydrogen-bond acceptors (Lipinski definition) is 3. The van der Waals surface area contributed by atoms with Gasteiger partial charge >= 0.3 is 12.0 Å². The Morgan fingerprint density at radius 1 is 1.21 bits per heavy atom. The second-order valence-corrected chi connectivity index (χ2v) is 6.57. The molecule has 7 nitrogen and oxygen atoms in total. The van der Waals surface area contributed by atoms with Crippen LogP contribution in [0.3, 0.4) is 0 Å². The van der Waals surface area contributed by atoms with Gasteiger partial charge in [-0.05, 0) is 24.0 Å². The fourth-order valence-electron chi connectivity index (χ4n) is 2.82. The van der Waals surface area contributed by atoms with Crippen molar-refractivity contribution < 1.29 is 19.5 Å². The Morgan fingerprint density at radius 3 is 2.38 bits per heavy atom. The highest BCUT2D eigenvalue weighted by atomic mass is 16.4. The number of anilines is 2. The lowest BCUT2D eigenvalue weighted by Crippen LogP contribution is -2.59. The normalized spacial score (nSPS) is 18.2. The molecule has 2 rings (SSSR count). The Kier molecular flexibility index (Phi) is 5.11. The van der Waals surface area contributed by atoms with Crippen molar-refractivity contribution >= 4 is 29.3 Å². The summed E-state index contributed by atoms with van der Waals surface area (Å²) in [7, 11) is 0. The van der Waals surface area contributed by atoms with Crippen LogP contribution >= 0.6 is 0 Å². The number of urea groups is 1. The van der Waals surface area contributed by atoms with Crippen LogP contribution in [0.2, 0.25) is 0 Å². The van der Waals surface area contributed by atoms with Crippen LogP contribution in [-0.2, 0) is 9.59 Å². The first kappa shape index (κ1) is 17.8. The molecule has 1 aliphatic heterocycles. The van der Waals surface area contributed by atoms with Crippen LogP contribution in [-0.4, -0.2) is 35.1 Å². The maximum Gasteiger partial charge on any atom is 0.326 e. The third-order valence-corrected chi connectivity index (χ3v) is 4.03. The molecule has 7 heteroatoms. The highest BCUT2D eigenvalue weighted by Crippen LogP contribution is 2.34. The molecule has 1 aromatic carbocycles. The number of nitrogens with one attached hydrogen (secondary N) is 2. The molecule has 1 heterocycles. The molecule has 1 aromatic rings. The van der Waals surface area contributed by atoms with Crippen molar-refractivity contribution in [2.45, 2.75) is 39.8 Å². The first-order valence-electron chi connectivity index (χ1n) is 7.96. The molecule has 3 N–H and O–H groups in total. The molecule has 0 bridgehead atoms. The zero-order valence-electron chi connectivity index (χ0n) is 14.2. The number of carboxylic acids is 1. The van der Waals surface area contributed by atoms with E-state index < -0.39 is 24.1 Å². The van der Waals surface area contributed by atoms with Gasteiger partial charge in [0.1, 0.15) is 12.1 Å². The largest absolute Gasteiger partial charge is 0.480 e. The topological polar surface area (TPSA) is 98.7 Å². The van der Waals surface area contributed by atoms with Crippen LogP contribution < -0.4 is 15.5 Å². The molecule has 0 unspecified atom stereocenters. The Morgan fingerprint density at radius 2 is 1.83 bits per heavy atom. The van der Waals surface area contributed by atoms with Gasteiger partial charge in [0.05, 0.1) is 11.4 Å². The van der Waals surface area contributed by atoms with E-state index in [4.69, 9.17) is 0 Å². The molecule has 0 aromatic heterocycles. The highest BCUT2D eigenvalue weighted by molar-refractivity contribution is 6.12. The second-order valence-electron chi connectivity index (χ2n) is 6.57. The molecule has 2 atom stereocenters. The van der Waals surface area contributed by atoms with Crippen molar-refractivity contribution in [3.8, 4) is 0 Å². The van der Waals surface area contributed by atoms with Gasteiger partial charge in [-0.2, -0.15) is 0 Å². The number of fused-ring (bicyclic) bond motifs is 1. The fourth-order valence-corrected chi connectivity index (χ4v) is 2.82. The van der Waals surface area contributed by atoms with Crippen molar-refractivity contribution in [1.29, 1.82) is 0 Å². The zero-order chi connectivity index (χ0) is 18.0. The van der Waals surface area contributed by atoms with Crippen LogP contribution in [0.4, 0.5) is 16.2 Å². The number of rotatable bonds is 4. The molecular formula is C17H23N3O4. The summed E-state index contributed by atoms with van der Waals surface area (Å²) in [6, 6.07) is 4.65. The summed E-state index contributed by atoms with van der Waals surface area (Å²) < 4.78 is 0. The number of aliphatic carboxylic acids is 1. The smallest absolute Gasteiger partial charge is 0.326 e. The van der Waals surface area contributed by atoms with Gasteiger partial charge in [0.2, 0.25) is 5.91 Å². The number of benzene rings is 1. The average molecular weight is 333 g/mol. The highest BCUT2D eigenvalue weighted by Gasteiger charge is 2.40. The molecule has 0 radical (unpaired) electrons. The summed E-state index contributed by atoms with van der Waals surface area (Å²) in [4.78, 5) is 38.0. The number of nitrogens with zero attached hydrogens (tertiary/aromatic N) is 1. The van der Waals surface area contributed by atoms with Crippen molar-refractivity contribution in [2.24, 2.45) is 11.8 Å². The predicted molar refractivity (Wildman–Crippen MR) is 91.0 cm³/mol. The van der Waals surface area contributed by atoms with Crippen molar-refractivity contribution in [2.75, 3.05) is 10.2 Å². The van der Waals surface area contributed by atoms with Crippen LogP contribution in [0.1, 0.15) is 27.7 Å². The van der Waals surface area contributed by atoms with Gasteiger partial charge < -0.3 is 15.7 Å². The zero-order valence-corrected chi connectivity index (χ0v) is 14.2. The van der Waals surface area contributed by atoms with Crippen LogP contribution in [0.5, 0.6) is 0 Å². The lowest BCUT2D eigenvalue weighted by atomic mass is 9.97. The monoisotopic (exact) mass is 333 g/mol. The first-order chi connectivity index (χ1) is 11.2. The van der Waals surface area contributed by atoms with E-state index in [9.17, 15) is 19.5 Å². The summed E-state index contributed by atoms with van der Waals surface area (Å²) >= 11 is 0. The first-order valence-corrected chi connectivity index (χ1v) is 7.96. The van der Waals surface area contributed by atoms with Gasteiger partial charge in [0.15, 0.2) is 0 Å². The molecule has 130 valence electrons. The Balaban J connectivity index is 2.41. The minimum atomic E-state index is -1.10. The number of para-hydroxylation sites is 2. The predicted octanol–water partition coefficient (Wildman–Crippen LogP) is 2.29. The number of hydrogen-bond donors (Lipinski definition) is 3. The van der Waals surface area contributed by atoms with Crippen molar-refractivity contribution in [3.05, 3.63) is 24.3 Å². The number of carboxylic acid groups (broad SMARTS) is 1. The van der Waals surface area contributed by atoms with Gasteiger partial charge in [-0.1, -0.05) is 39.8 Å². The summed E-state index contributed by atoms with van der Waals surface area (Å²) in [5.41, 5.74) is 1.09. The molecular weight excluding hydrogens is 310 g/mol. The minimum absolute atomic E-state index is 0.133. The number of amides is 3. The van der Waals surface area contributed by atoms with E-state index in [1.807, 2.05) is 13.8 Å². The van der Waals surface area contributed by atoms with Crippen molar-refractivity contribution in [3.63, 3.8) is 0 Å². The molecule has 0 saturated heterocycles. The Hall–Kier alpha value is -2.57. The third-order valence-electron chi connectivity index (χ3n) is 4.03. The van der Waals surface area contributed by atoms with E-state index >= 15 is 0 Å². The van der Waals surface area contributed by atoms with Crippen LogP contribution in [0, 0.1) is 11.8 Å². The summed E-state index contributed by atoms with van der Waals surface area (Å²) in [6.07, 6.45) is 0. The molecule has 0 saturated carbocycles. The van der Waals surface area contributed by atoms with Crippen LogP contribution in [0.15, 0.2) is 24.3 Å². The third kappa shape index (κ3) is 3.34. The van der Waals surface area contributed by atoms with Gasteiger partial charge in [-0.3, -0.25) is 9.69 Å². The van der Waals surface area contributed by atoms with Gasteiger partial charge in [0.25, 0.3) is 0 Å². The van der Waals surface area contributed by atoms with Gasteiger partial charge in [-0.25, -0.2) is 9.59 Å². The molecule has 1 aliphatic rings. The molecule has 0 fully saturated rings. The standard InChI is InChI=1S/C17H23N3O4/c1-9(2)13(16(22)23)19-17(24)20-12-8-6-5-7-11(12)18-15(21)14(20)10(3)4/h5-10,13-14H,1-4H3,(H,18,21)(H,19,24)(H,22,23)/t13-,14+/m0/s1. The average Bonchev–Trinajstić information content (AvgIpc) is 2.49. The quantitative estimate of drug-likeness (QED) is 0.787. The molecule has 24 heavy (non-hydrogen) atoms. The number of carbonyl (C=O) groups is 3. The summed E-state index contributed by atoms with van der Waals surface area (Å²) in [6.45, 7) is 7.12. The molecule has 3 amide bonds. The maximum atomic E-state index is 12.8. The van der Waals surface area contributed by atoms with Crippen LogP contribution in [0.25, 0.3) is 0 Å². The maximum absolute atomic E-state index is 12.8. The summed E-state index contributed by atoms with van der Waals surface area (Å²) in [5, 5.41) is 14.6. The second kappa shape index (κ2) is 6.90. The van der Waals surface area contributed by atoms with E-state index in [0.29, 0.717) is 11.4 Å². The van der Waals surface area contributed by atoms with Crippen molar-refractivity contribution in [1.82, 2.24) is 5.32 Å². The van der Waals surface area contributed by atoms with E-state index in [2.05, 4.69) is 10.6 Å². The molecule has 0 aliphatic carbocycles. The SMILES string of the molecule is CC(C)[C@H](NC(=O)N1c2ccccc2NC(=O)[C@H]1C(C)C)C(=O)O.